The monoisotopic (exact) mass is 271 g/mol. The number of fused-ring (bicyclic) bond motifs is 1. The zero-order chi connectivity index (χ0) is 14.5. The van der Waals surface area contributed by atoms with E-state index in [1.807, 2.05) is 39.0 Å². The van der Waals surface area contributed by atoms with Gasteiger partial charge in [-0.15, -0.1) is 0 Å². The molecule has 0 spiro atoms. The highest BCUT2D eigenvalue weighted by Crippen LogP contribution is 2.29. The number of rotatable bonds is 2. The summed E-state index contributed by atoms with van der Waals surface area (Å²) in [5, 5.41) is 0. The highest BCUT2D eigenvalue weighted by atomic mass is 16.5. The molecule has 3 aromatic heterocycles. The van der Waals surface area contributed by atoms with Crippen LogP contribution in [0.2, 0.25) is 0 Å². The fourth-order valence-corrected chi connectivity index (χ4v) is 1.76. The number of aryl methyl sites for hydroxylation is 1. The summed E-state index contributed by atoms with van der Waals surface area (Å²) in [5.74, 6) is 0.962. The minimum Gasteiger partial charge on any atom is -0.480 e. The molecule has 0 atom stereocenters. The smallest absolute Gasteiger partial charge is 0.234 e. The van der Waals surface area contributed by atoms with Crippen LogP contribution in [0.4, 0.5) is 0 Å². The van der Waals surface area contributed by atoms with Crippen molar-refractivity contribution in [3.63, 3.8) is 0 Å². The van der Waals surface area contributed by atoms with Crippen molar-refractivity contribution in [1.29, 1.82) is 0 Å². The first-order valence-corrected chi connectivity index (χ1v) is 6.50. The second-order valence-electron chi connectivity index (χ2n) is 3.91. The average Bonchev–Trinajstić information content (AvgIpc) is 2.93. The zero-order valence-corrected chi connectivity index (χ0v) is 12.0. The molecule has 0 aromatic carbocycles. The van der Waals surface area contributed by atoms with Crippen molar-refractivity contribution in [2.75, 3.05) is 7.11 Å². The first kappa shape index (κ1) is 14.0. The summed E-state index contributed by atoms with van der Waals surface area (Å²) < 4.78 is 10.9. The molecule has 0 radical (unpaired) electrons. The molecule has 5 heteroatoms. The van der Waals surface area contributed by atoms with Crippen molar-refractivity contribution in [2.45, 2.75) is 20.8 Å². The Balaban J connectivity index is 0.000000704. The fourth-order valence-electron chi connectivity index (χ4n) is 1.76. The van der Waals surface area contributed by atoms with Gasteiger partial charge < -0.3 is 9.15 Å². The van der Waals surface area contributed by atoms with Gasteiger partial charge in [0.1, 0.15) is 0 Å². The highest BCUT2D eigenvalue weighted by Gasteiger charge is 2.14. The van der Waals surface area contributed by atoms with E-state index in [-0.39, 0.29) is 0 Å². The van der Waals surface area contributed by atoms with Crippen molar-refractivity contribution in [2.24, 2.45) is 0 Å². The minimum absolute atomic E-state index is 0.469. The Kier molecular flexibility index (Phi) is 4.30. The molecule has 0 unspecified atom stereocenters. The quantitative estimate of drug-likeness (QED) is 0.712. The van der Waals surface area contributed by atoms with Gasteiger partial charge in [-0.05, 0) is 30.7 Å². The molecule has 3 heterocycles. The number of oxazole rings is 1. The number of hydrogen-bond acceptors (Lipinski definition) is 5. The number of nitrogens with zero attached hydrogens (tertiary/aromatic N) is 3. The SMILES string of the molecule is CC.COc1ncc(C)cc1-c1nc2ncccc2o1. The van der Waals surface area contributed by atoms with Gasteiger partial charge in [0.25, 0.3) is 0 Å². The first-order valence-electron chi connectivity index (χ1n) is 6.50. The molecule has 5 nitrogen and oxygen atoms in total. The minimum atomic E-state index is 0.469. The third-order valence-electron chi connectivity index (χ3n) is 2.58. The first-order chi connectivity index (χ1) is 9.78. The molecule has 0 aliphatic heterocycles. The number of pyridine rings is 2. The van der Waals surface area contributed by atoms with Crippen LogP contribution in [-0.2, 0) is 0 Å². The molecule has 0 aliphatic carbocycles. The Morgan fingerprint density at radius 1 is 1.20 bits per heavy atom. The largest absolute Gasteiger partial charge is 0.480 e. The summed E-state index contributed by atoms with van der Waals surface area (Å²) in [7, 11) is 1.57. The predicted octanol–water partition coefficient (Wildman–Crippen LogP) is 3.63. The third-order valence-corrected chi connectivity index (χ3v) is 2.58. The van der Waals surface area contributed by atoms with Gasteiger partial charge in [-0.3, -0.25) is 0 Å². The molecule has 0 saturated carbocycles. The van der Waals surface area contributed by atoms with Gasteiger partial charge >= 0.3 is 0 Å². The number of aromatic nitrogens is 3. The van der Waals surface area contributed by atoms with Crippen LogP contribution in [0.25, 0.3) is 22.7 Å². The summed E-state index contributed by atoms with van der Waals surface area (Å²) in [6.07, 6.45) is 3.42. The maximum absolute atomic E-state index is 5.66. The molecule has 0 aliphatic rings. The molecule has 0 amide bonds. The summed E-state index contributed by atoms with van der Waals surface area (Å²) in [6.45, 7) is 5.96. The number of ether oxygens (including phenoxy) is 1. The molecule has 3 aromatic rings. The molecule has 3 rings (SSSR count). The molecular formula is C15H17N3O2. The van der Waals surface area contributed by atoms with Gasteiger partial charge in [0, 0.05) is 12.4 Å². The molecule has 0 saturated heterocycles. The standard InChI is InChI=1S/C13H11N3O2.C2H6/c1-8-6-9(12(17-2)15-7-8)13-16-11-10(18-13)4-3-5-14-11;1-2/h3-7H,1-2H3;1-2H3. The van der Waals surface area contributed by atoms with Crippen LogP contribution in [-0.4, -0.2) is 22.1 Å². The lowest BCUT2D eigenvalue weighted by atomic mass is 10.2. The summed E-state index contributed by atoms with van der Waals surface area (Å²) in [4.78, 5) is 12.7. The normalized spacial score (nSPS) is 10.0. The van der Waals surface area contributed by atoms with Crippen molar-refractivity contribution >= 4 is 11.2 Å². The Morgan fingerprint density at radius 2 is 2.00 bits per heavy atom. The fraction of sp³-hybridized carbons (Fsp3) is 0.267. The summed E-state index contributed by atoms with van der Waals surface area (Å²) in [6, 6.07) is 5.56. The van der Waals surface area contributed by atoms with E-state index in [0.29, 0.717) is 23.0 Å². The van der Waals surface area contributed by atoms with E-state index >= 15 is 0 Å². The van der Waals surface area contributed by atoms with Gasteiger partial charge in [0.15, 0.2) is 11.2 Å². The van der Waals surface area contributed by atoms with Crippen LogP contribution in [0.3, 0.4) is 0 Å². The lowest BCUT2D eigenvalue weighted by Gasteiger charge is -2.04. The zero-order valence-electron chi connectivity index (χ0n) is 12.0. The van der Waals surface area contributed by atoms with Crippen molar-refractivity contribution < 1.29 is 9.15 Å². The van der Waals surface area contributed by atoms with E-state index in [0.717, 1.165) is 11.1 Å². The van der Waals surface area contributed by atoms with Gasteiger partial charge in [-0.1, -0.05) is 13.8 Å². The third kappa shape index (κ3) is 2.61. The van der Waals surface area contributed by atoms with Crippen LogP contribution in [0.1, 0.15) is 19.4 Å². The van der Waals surface area contributed by atoms with Crippen molar-refractivity contribution in [3.8, 4) is 17.3 Å². The summed E-state index contributed by atoms with van der Waals surface area (Å²) >= 11 is 0. The Morgan fingerprint density at radius 3 is 2.70 bits per heavy atom. The number of hydrogen-bond donors (Lipinski definition) is 0. The molecule has 0 N–H and O–H groups in total. The van der Waals surface area contributed by atoms with Crippen LogP contribution < -0.4 is 4.74 Å². The van der Waals surface area contributed by atoms with E-state index in [4.69, 9.17) is 9.15 Å². The second-order valence-corrected chi connectivity index (χ2v) is 3.91. The number of methoxy groups -OCH3 is 1. The maximum atomic E-state index is 5.66. The van der Waals surface area contributed by atoms with Gasteiger partial charge in [0.05, 0.1) is 12.7 Å². The van der Waals surface area contributed by atoms with E-state index in [2.05, 4.69) is 15.0 Å². The van der Waals surface area contributed by atoms with E-state index < -0.39 is 0 Å². The van der Waals surface area contributed by atoms with E-state index in [1.165, 1.54) is 0 Å². The van der Waals surface area contributed by atoms with Crippen LogP contribution in [0.15, 0.2) is 35.0 Å². The predicted molar refractivity (Wildman–Crippen MR) is 77.7 cm³/mol. The maximum Gasteiger partial charge on any atom is 0.234 e. The van der Waals surface area contributed by atoms with Crippen molar-refractivity contribution in [3.05, 3.63) is 36.2 Å². The van der Waals surface area contributed by atoms with Gasteiger partial charge in [0.2, 0.25) is 11.8 Å². The van der Waals surface area contributed by atoms with Gasteiger partial charge in [-0.25, -0.2) is 9.97 Å². The molecule has 104 valence electrons. The second kappa shape index (κ2) is 6.14. The molecular weight excluding hydrogens is 254 g/mol. The molecule has 20 heavy (non-hydrogen) atoms. The highest BCUT2D eigenvalue weighted by molar-refractivity contribution is 5.73. The van der Waals surface area contributed by atoms with Crippen LogP contribution in [0, 0.1) is 6.92 Å². The summed E-state index contributed by atoms with van der Waals surface area (Å²) in [5.41, 5.74) is 2.98. The average molecular weight is 271 g/mol. The Hall–Kier alpha value is -2.43. The van der Waals surface area contributed by atoms with Crippen LogP contribution >= 0.6 is 0 Å². The topological polar surface area (TPSA) is 61.0 Å². The Bertz CT molecular complexity index is 674. The van der Waals surface area contributed by atoms with Gasteiger partial charge in [-0.2, -0.15) is 4.98 Å². The van der Waals surface area contributed by atoms with Crippen molar-refractivity contribution in [1.82, 2.24) is 15.0 Å². The molecule has 0 fully saturated rings. The van der Waals surface area contributed by atoms with E-state index in [9.17, 15) is 0 Å². The van der Waals surface area contributed by atoms with E-state index in [1.54, 1.807) is 19.5 Å². The Labute approximate surface area is 117 Å². The lowest BCUT2D eigenvalue weighted by molar-refractivity contribution is 0.398. The lowest BCUT2D eigenvalue weighted by Crippen LogP contribution is -1.92. The van der Waals surface area contributed by atoms with Crippen LogP contribution in [0.5, 0.6) is 5.88 Å². The molecule has 0 bridgehead atoms.